The zero-order valence-electron chi connectivity index (χ0n) is 16.3. The quantitative estimate of drug-likeness (QED) is 0.457. The Morgan fingerprint density at radius 3 is 2.68 bits per heavy atom. The number of phenolic OH excluding ortho intramolecular Hbond substituents is 1. The minimum absolute atomic E-state index is 0.0543. The average molecular weight is 458 g/mol. The first kappa shape index (κ1) is 22.5. The van der Waals surface area contributed by atoms with E-state index in [1.807, 2.05) is 0 Å². The largest absolute Gasteiger partial charge is 0.506 e. The Morgan fingerprint density at radius 1 is 1.39 bits per heavy atom. The van der Waals surface area contributed by atoms with E-state index >= 15 is 0 Å². The van der Waals surface area contributed by atoms with E-state index in [0.29, 0.717) is 25.0 Å². The van der Waals surface area contributed by atoms with Crippen molar-refractivity contribution >= 4 is 29.1 Å². The van der Waals surface area contributed by atoms with Gasteiger partial charge in [-0.15, -0.1) is 0 Å². The molecule has 3 N–H and O–H groups in total. The molecule has 0 spiro atoms. The number of aromatic nitrogens is 2. The number of aromatic hydroxyl groups is 1. The van der Waals surface area contributed by atoms with Gasteiger partial charge in [0, 0.05) is 26.2 Å². The second-order valence-corrected chi connectivity index (χ2v) is 7.34. The van der Waals surface area contributed by atoms with Crippen molar-refractivity contribution in [3.63, 3.8) is 0 Å². The molecule has 1 aliphatic heterocycles. The number of amides is 2. The van der Waals surface area contributed by atoms with Crippen molar-refractivity contribution in [3.8, 4) is 5.75 Å². The molecule has 12 heteroatoms. The van der Waals surface area contributed by atoms with Gasteiger partial charge in [0.15, 0.2) is 0 Å². The fourth-order valence-electron chi connectivity index (χ4n) is 3.06. The minimum atomic E-state index is -4.68. The summed E-state index contributed by atoms with van der Waals surface area (Å²) in [6, 6.07) is 1.32. The Labute approximate surface area is 180 Å². The maximum absolute atomic E-state index is 13.0. The van der Waals surface area contributed by atoms with Gasteiger partial charge in [-0.2, -0.15) is 13.2 Å². The van der Waals surface area contributed by atoms with E-state index in [2.05, 4.69) is 22.2 Å². The van der Waals surface area contributed by atoms with E-state index in [-0.39, 0.29) is 29.9 Å². The number of alkyl halides is 3. The van der Waals surface area contributed by atoms with E-state index in [1.165, 1.54) is 21.7 Å². The van der Waals surface area contributed by atoms with Gasteiger partial charge in [0.25, 0.3) is 5.91 Å². The summed E-state index contributed by atoms with van der Waals surface area (Å²) < 4.78 is 40.6. The molecule has 1 aliphatic rings. The van der Waals surface area contributed by atoms with Crippen LogP contribution in [0.25, 0.3) is 0 Å². The molecule has 3 rings (SSSR count). The lowest BCUT2D eigenvalue weighted by molar-refractivity contribution is -0.137. The number of carbonyl (C=O) groups is 2. The topological polar surface area (TPSA) is 99.5 Å². The van der Waals surface area contributed by atoms with E-state index in [1.54, 1.807) is 7.05 Å². The lowest BCUT2D eigenvalue weighted by Gasteiger charge is -2.38. The van der Waals surface area contributed by atoms with Crippen LogP contribution in [0.1, 0.15) is 21.9 Å². The number of phenols is 1. The smallest absolute Gasteiger partial charge is 0.417 e. The number of nitrogens with zero attached hydrogens (tertiary/aromatic N) is 3. The molecule has 31 heavy (non-hydrogen) atoms. The molecule has 166 valence electrons. The number of carbonyl (C=O) groups excluding carboxylic acids is 2. The normalized spacial score (nSPS) is 14.2. The molecule has 0 aliphatic carbocycles. The molecule has 0 radical (unpaired) electrons. The lowest BCUT2D eigenvalue weighted by atomic mass is 10.1. The van der Waals surface area contributed by atoms with E-state index < -0.39 is 28.4 Å². The predicted octanol–water partition coefficient (Wildman–Crippen LogP) is 2.54. The molecule has 1 fully saturated rings. The van der Waals surface area contributed by atoms with Crippen molar-refractivity contribution in [2.75, 3.05) is 18.4 Å². The Kier molecular flexibility index (Phi) is 6.16. The molecule has 1 aromatic heterocycles. The summed E-state index contributed by atoms with van der Waals surface area (Å²) in [5, 5.41) is 14.7. The maximum Gasteiger partial charge on any atom is 0.417 e. The van der Waals surface area contributed by atoms with E-state index in [0.717, 1.165) is 6.07 Å². The Hall–Kier alpha value is -3.21. The molecule has 0 saturated carbocycles. The van der Waals surface area contributed by atoms with Gasteiger partial charge in [-0.3, -0.25) is 9.59 Å². The van der Waals surface area contributed by atoms with Crippen LogP contribution in [0.3, 0.4) is 0 Å². The van der Waals surface area contributed by atoms with E-state index in [4.69, 9.17) is 11.6 Å². The van der Waals surface area contributed by atoms with Crippen molar-refractivity contribution < 1.29 is 27.9 Å². The summed E-state index contributed by atoms with van der Waals surface area (Å²) in [6.45, 7) is 4.10. The minimum Gasteiger partial charge on any atom is -0.506 e. The molecule has 2 amide bonds. The fraction of sp³-hybridized carbons (Fsp3) is 0.316. The van der Waals surface area contributed by atoms with Crippen LogP contribution in [0.4, 0.5) is 18.9 Å². The van der Waals surface area contributed by atoms with Gasteiger partial charge in [-0.05, 0) is 12.1 Å². The lowest BCUT2D eigenvalue weighted by Crippen LogP contribution is -2.60. The SMILES string of the molecule is C=CC(=O)N1CC(NC(=O)c2cnc(CNc3cc(C(F)(F)F)c(Cl)cc3O)n2C)C1. The first-order chi connectivity index (χ1) is 14.5. The molecule has 1 aromatic carbocycles. The van der Waals surface area contributed by atoms with Gasteiger partial charge in [0.05, 0.1) is 35.1 Å². The third-order valence-corrected chi connectivity index (χ3v) is 5.16. The van der Waals surface area contributed by atoms with Gasteiger partial charge >= 0.3 is 6.18 Å². The third-order valence-electron chi connectivity index (χ3n) is 4.85. The van der Waals surface area contributed by atoms with Crippen molar-refractivity contribution in [2.24, 2.45) is 7.05 Å². The molecule has 1 saturated heterocycles. The summed E-state index contributed by atoms with van der Waals surface area (Å²) >= 11 is 5.56. The summed E-state index contributed by atoms with van der Waals surface area (Å²) in [5.41, 5.74) is -1.02. The van der Waals surface area contributed by atoms with E-state index in [9.17, 15) is 27.9 Å². The summed E-state index contributed by atoms with van der Waals surface area (Å²) in [7, 11) is 1.58. The van der Waals surface area contributed by atoms with Crippen molar-refractivity contribution in [1.29, 1.82) is 0 Å². The molecule has 0 bridgehead atoms. The first-order valence-corrected chi connectivity index (χ1v) is 9.45. The highest BCUT2D eigenvalue weighted by atomic mass is 35.5. The van der Waals surface area contributed by atoms with Gasteiger partial charge < -0.3 is 25.2 Å². The van der Waals surface area contributed by atoms with Crippen LogP contribution in [-0.4, -0.2) is 50.5 Å². The average Bonchev–Trinajstić information content (AvgIpc) is 3.02. The van der Waals surface area contributed by atoms with Crippen LogP contribution in [0.15, 0.2) is 31.0 Å². The number of nitrogens with one attached hydrogen (secondary N) is 2. The highest BCUT2D eigenvalue weighted by molar-refractivity contribution is 6.31. The summed E-state index contributed by atoms with van der Waals surface area (Å²) in [6.07, 6.45) is -2.14. The van der Waals surface area contributed by atoms with Crippen molar-refractivity contribution in [1.82, 2.24) is 19.8 Å². The molecule has 0 unspecified atom stereocenters. The first-order valence-electron chi connectivity index (χ1n) is 9.07. The van der Waals surface area contributed by atoms with Gasteiger partial charge in [0.1, 0.15) is 17.3 Å². The van der Waals surface area contributed by atoms with Gasteiger partial charge in [0.2, 0.25) is 5.91 Å². The standard InChI is InChI=1S/C19H19ClF3N5O3/c1-3-17(30)28-8-10(9-28)26-18(31)14-6-25-16(27(14)2)7-24-13-4-11(19(21,22)23)12(20)5-15(13)29/h3-6,10,24,29H,1,7-9H2,2H3,(H,26,31). The number of benzene rings is 1. The van der Waals surface area contributed by atoms with Crippen LogP contribution in [-0.2, 0) is 24.6 Å². The Balaban J connectivity index is 1.64. The van der Waals surface area contributed by atoms with Crippen molar-refractivity contribution in [2.45, 2.75) is 18.8 Å². The number of hydrogen-bond donors (Lipinski definition) is 3. The third kappa shape index (κ3) is 4.76. The molecule has 2 heterocycles. The van der Waals surface area contributed by atoms with Crippen LogP contribution < -0.4 is 10.6 Å². The van der Waals surface area contributed by atoms with Crippen LogP contribution in [0.2, 0.25) is 5.02 Å². The number of rotatable bonds is 6. The highest BCUT2D eigenvalue weighted by Gasteiger charge is 2.34. The fourth-order valence-corrected chi connectivity index (χ4v) is 3.32. The zero-order chi connectivity index (χ0) is 22.9. The molecular formula is C19H19ClF3N5O3. The van der Waals surface area contributed by atoms with Gasteiger partial charge in [-0.1, -0.05) is 18.2 Å². The second-order valence-electron chi connectivity index (χ2n) is 6.94. The van der Waals surface area contributed by atoms with Crippen LogP contribution >= 0.6 is 11.6 Å². The predicted molar refractivity (Wildman–Crippen MR) is 107 cm³/mol. The number of halogens is 4. The number of imidazole rings is 1. The number of likely N-dealkylation sites (tertiary alicyclic amines) is 1. The Bertz CT molecular complexity index is 1030. The molecule has 8 nitrogen and oxygen atoms in total. The summed E-state index contributed by atoms with van der Waals surface area (Å²) in [5.74, 6) is -0.705. The second kappa shape index (κ2) is 8.50. The Morgan fingerprint density at radius 2 is 2.06 bits per heavy atom. The monoisotopic (exact) mass is 457 g/mol. The zero-order valence-corrected chi connectivity index (χ0v) is 17.1. The molecule has 0 atom stereocenters. The number of hydrogen-bond acceptors (Lipinski definition) is 5. The van der Waals surface area contributed by atoms with Crippen LogP contribution in [0, 0.1) is 0 Å². The maximum atomic E-state index is 13.0. The van der Waals surface area contributed by atoms with Crippen LogP contribution in [0.5, 0.6) is 5.75 Å². The molecular weight excluding hydrogens is 439 g/mol. The number of anilines is 1. The van der Waals surface area contributed by atoms with Gasteiger partial charge in [-0.25, -0.2) is 4.98 Å². The highest BCUT2D eigenvalue weighted by Crippen LogP contribution is 2.40. The molecule has 2 aromatic rings. The van der Waals surface area contributed by atoms with Crippen molar-refractivity contribution in [3.05, 3.63) is 53.1 Å². The summed E-state index contributed by atoms with van der Waals surface area (Å²) in [4.78, 5) is 29.5.